The van der Waals surface area contributed by atoms with E-state index in [4.69, 9.17) is 4.42 Å². The number of carbonyl (C=O) groups excluding carboxylic acids is 1. The maximum atomic E-state index is 12.5. The molecule has 1 aromatic rings. The van der Waals surface area contributed by atoms with Crippen LogP contribution in [0.15, 0.2) is 16.5 Å². The normalized spacial score (nSPS) is 17.7. The number of urea groups is 1. The first-order valence-corrected chi connectivity index (χ1v) is 9.04. The van der Waals surface area contributed by atoms with Crippen molar-refractivity contribution >= 4 is 6.03 Å². The van der Waals surface area contributed by atoms with Crippen molar-refractivity contribution in [2.45, 2.75) is 39.8 Å². The van der Waals surface area contributed by atoms with Crippen LogP contribution in [-0.4, -0.2) is 73.1 Å². The van der Waals surface area contributed by atoms with Crippen LogP contribution in [0.4, 0.5) is 4.79 Å². The Labute approximate surface area is 145 Å². The standard InChI is InChI=1S/C18H32N4O2/c1-5-16(22-11-9-20(4)10-12-22)13-19-18(23)21(6-2)14-17-8-7-15(3)24-17/h7-8,16H,5-6,9-14H2,1-4H3,(H,19,23)/t16-/m1/s1. The first-order valence-electron chi connectivity index (χ1n) is 9.04. The maximum absolute atomic E-state index is 12.5. The highest BCUT2D eigenvalue weighted by molar-refractivity contribution is 5.74. The van der Waals surface area contributed by atoms with E-state index in [9.17, 15) is 4.79 Å². The number of aryl methyl sites for hydroxylation is 1. The zero-order chi connectivity index (χ0) is 17.5. The molecule has 0 spiro atoms. The molecule has 0 bridgehead atoms. The van der Waals surface area contributed by atoms with Gasteiger partial charge in [0.1, 0.15) is 11.5 Å². The van der Waals surface area contributed by atoms with Crippen LogP contribution in [0.5, 0.6) is 0 Å². The van der Waals surface area contributed by atoms with Crippen LogP contribution in [0, 0.1) is 6.92 Å². The van der Waals surface area contributed by atoms with Gasteiger partial charge < -0.3 is 19.5 Å². The molecule has 0 aliphatic carbocycles. The molecule has 1 aliphatic rings. The van der Waals surface area contributed by atoms with Gasteiger partial charge in [-0.25, -0.2) is 4.79 Å². The molecule has 0 saturated carbocycles. The highest BCUT2D eigenvalue weighted by Crippen LogP contribution is 2.11. The van der Waals surface area contributed by atoms with E-state index >= 15 is 0 Å². The van der Waals surface area contributed by atoms with Crippen molar-refractivity contribution in [3.8, 4) is 0 Å². The van der Waals surface area contributed by atoms with Crippen molar-refractivity contribution in [2.24, 2.45) is 0 Å². The number of likely N-dealkylation sites (N-methyl/N-ethyl adjacent to an activating group) is 1. The number of furan rings is 1. The third-order valence-electron chi connectivity index (χ3n) is 4.83. The van der Waals surface area contributed by atoms with Gasteiger partial charge in [-0.3, -0.25) is 4.90 Å². The van der Waals surface area contributed by atoms with Crippen molar-refractivity contribution in [3.63, 3.8) is 0 Å². The van der Waals surface area contributed by atoms with Crippen LogP contribution < -0.4 is 5.32 Å². The Bertz CT molecular complexity index is 509. The highest BCUT2D eigenvalue weighted by Gasteiger charge is 2.22. The molecular weight excluding hydrogens is 304 g/mol. The molecule has 2 rings (SSSR count). The summed E-state index contributed by atoms with van der Waals surface area (Å²) in [5, 5.41) is 3.11. The van der Waals surface area contributed by atoms with E-state index in [0.717, 1.165) is 44.1 Å². The van der Waals surface area contributed by atoms with Crippen LogP contribution in [-0.2, 0) is 6.54 Å². The predicted octanol–water partition coefficient (Wildman–Crippen LogP) is 2.15. The van der Waals surface area contributed by atoms with E-state index in [1.165, 1.54) is 0 Å². The molecule has 1 fully saturated rings. The Hall–Kier alpha value is -1.53. The Balaban J connectivity index is 1.82. The fourth-order valence-corrected chi connectivity index (χ4v) is 3.12. The average Bonchev–Trinajstić information content (AvgIpc) is 2.99. The second-order valence-corrected chi connectivity index (χ2v) is 6.61. The number of amides is 2. The average molecular weight is 336 g/mol. The zero-order valence-electron chi connectivity index (χ0n) is 15.5. The molecule has 6 nitrogen and oxygen atoms in total. The minimum Gasteiger partial charge on any atom is -0.464 e. The lowest BCUT2D eigenvalue weighted by Crippen LogP contribution is -2.53. The summed E-state index contributed by atoms with van der Waals surface area (Å²) in [6, 6.07) is 4.26. The Morgan fingerprint density at radius 2 is 2.00 bits per heavy atom. The first-order chi connectivity index (χ1) is 11.5. The minimum absolute atomic E-state index is 0.0147. The zero-order valence-corrected chi connectivity index (χ0v) is 15.5. The number of carbonyl (C=O) groups is 1. The van der Waals surface area contributed by atoms with Gasteiger partial charge >= 0.3 is 6.03 Å². The Kier molecular flexibility index (Phi) is 7.12. The molecule has 1 aromatic heterocycles. The van der Waals surface area contributed by atoms with E-state index in [1.54, 1.807) is 4.90 Å². The van der Waals surface area contributed by atoms with E-state index in [2.05, 4.69) is 29.1 Å². The number of nitrogens with zero attached hydrogens (tertiary/aromatic N) is 3. The minimum atomic E-state index is -0.0147. The summed E-state index contributed by atoms with van der Waals surface area (Å²) in [5.74, 6) is 1.71. The van der Waals surface area contributed by atoms with E-state index < -0.39 is 0 Å². The van der Waals surface area contributed by atoms with Crippen LogP contribution in [0.3, 0.4) is 0 Å². The van der Waals surface area contributed by atoms with Crippen LogP contribution >= 0.6 is 0 Å². The Morgan fingerprint density at radius 1 is 1.29 bits per heavy atom. The molecule has 136 valence electrons. The highest BCUT2D eigenvalue weighted by atomic mass is 16.3. The fraction of sp³-hybridized carbons (Fsp3) is 0.722. The van der Waals surface area contributed by atoms with Gasteiger partial charge in [0, 0.05) is 45.3 Å². The van der Waals surface area contributed by atoms with E-state index in [0.29, 0.717) is 25.7 Å². The molecule has 6 heteroatoms. The van der Waals surface area contributed by atoms with E-state index in [-0.39, 0.29) is 6.03 Å². The number of hydrogen-bond acceptors (Lipinski definition) is 4. The number of nitrogens with one attached hydrogen (secondary N) is 1. The van der Waals surface area contributed by atoms with Gasteiger partial charge in [-0.15, -0.1) is 0 Å². The summed E-state index contributed by atoms with van der Waals surface area (Å²) in [7, 11) is 2.16. The predicted molar refractivity (Wildman–Crippen MR) is 96.1 cm³/mol. The fourth-order valence-electron chi connectivity index (χ4n) is 3.12. The van der Waals surface area contributed by atoms with Gasteiger partial charge in [0.2, 0.25) is 0 Å². The van der Waals surface area contributed by atoms with E-state index in [1.807, 2.05) is 26.0 Å². The molecule has 0 aromatic carbocycles. The Morgan fingerprint density at radius 3 is 2.54 bits per heavy atom. The van der Waals surface area contributed by atoms with Crippen molar-refractivity contribution < 1.29 is 9.21 Å². The summed E-state index contributed by atoms with van der Waals surface area (Å²) < 4.78 is 5.58. The first kappa shape index (κ1) is 18.8. The van der Waals surface area contributed by atoms with Gasteiger partial charge in [0.05, 0.1) is 6.54 Å². The van der Waals surface area contributed by atoms with Crippen LogP contribution in [0.2, 0.25) is 0 Å². The van der Waals surface area contributed by atoms with Crippen LogP contribution in [0.1, 0.15) is 31.8 Å². The van der Waals surface area contributed by atoms with Crippen LogP contribution in [0.25, 0.3) is 0 Å². The molecule has 2 heterocycles. The monoisotopic (exact) mass is 336 g/mol. The van der Waals surface area contributed by atoms with Crippen molar-refractivity contribution in [3.05, 3.63) is 23.7 Å². The second-order valence-electron chi connectivity index (χ2n) is 6.61. The van der Waals surface area contributed by atoms with Crippen molar-refractivity contribution in [2.75, 3.05) is 46.3 Å². The summed E-state index contributed by atoms with van der Waals surface area (Å²) in [5.41, 5.74) is 0. The molecule has 1 aliphatic heterocycles. The topological polar surface area (TPSA) is 52.0 Å². The molecule has 1 atom stereocenters. The third kappa shape index (κ3) is 5.24. The van der Waals surface area contributed by atoms with Gasteiger partial charge in [-0.2, -0.15) is 0 Å². The number of rotatable bonds is 7. The molecule has 24 heavy (non-hydrogen) atoms. The third-order valence-corrected chi connectivity index (χ3v) is 4.83. The molecule has 0 radical (unpaired) electrons. The van der Waals surface area contributed by atoms with Gasteiger partial charge in [-0.1, -0.05) is 6.92 Å². The van der Waals surface area contributed by atoms with Gasteiger partial charge in [0.15, 0.2) is 0 Å². The molecule has 0 unspecified atom stereocenters. The summed E-state index contributed by atoms with van der Waals surface area (Å²) in [6.45, 7) is 12.3. The molecule has 2 amide bonds. The largest absolute Gasteiger partial charge is 0.464 e. The van der Waals surface area contributed by atoms with Crippen molar-refractivity contribution in [1.29, 1.82) is 0 Å². The maximum Gasteiger partial charge on any atom is 0.317 e. The lowest BCUT2D eigenvalue weighted by molar-refractivity contribution is 0.107. The molecule has 1 N–H and O–H groups in total. The quantitative estimate of drug-likeness (QED) is 0.829. The molecular formula is C18H32N4O2. The van der Waals surface area contributed by atoms with Crippen molar-refractivity contribution in [1.82, 2.24) is 20.0 Å². The second kappa shape index (κ2) is 9.08. The van der Waals surface area contributed by atoms with Gasteiger partial charge in [-0.05, 0) is 39.4 Å². The summed E-state index contributed by atoms with van der Waals surface area (Å²) >= 11 is 0. The summed E-state index contributed by atoms with van der Waals surface area (Å²) in [6.07, 6.45) is 1.05. The van der Waals surface area contributed by atoms with Gasteiger partial charge in [0.25, 0.3) is 0 Å². The SMILES string of the molecule is CC[C@H](CNC(=O)N(CC)Cc1ccc(C)o1)N1CCN(C)CC1. The lowest BCUT2D eigenvalue weighted by atomic mass is 10.1. The number of piperazine rings is 1. The summed E-state index contributed by atoms with van der Waals surface area (Å²) in [4.78, 5) is 19.1. The smallest absolute Gasteiger partial charge is 0.317 e. The molecule has 1 saturated heterocycles. The number of hydrogen-bond donors (Lipinski definition) is 1. The lowest BCUT2D eigenvalue weighted by Gasteiger charge is -2.38.